The maximum atomic E-state index is 11.7. The first kappa shape index (κ1) is 15.0. The van der Waals surface area contributed by atoms with Gasteiger partial charge < -0.3 is 20.6 Å². The summed E-state index contributed by atoms with van der Waals surface area (Å²) in [5.74, 6) is -0.0406. The van der Waals surface area contributed by atoms with Crippen molar-refractivity contribution in [1.82, 2.24) is 4.90 Å². The number of carbonyl (C=O) groups excluding carboxylic acids is 1. The van der Waals surface area contributed by atoms with E-state index in [2.05, 4.69) is 5.16 Å². The second-order valence-corrected chi connectivity index (χ2v) is 4.07. The zero-order valence-electron chi connectivity index (χ0n) is 11.2. The molecule has 0 saturated heterocycles. The fraction of sp³-hybridized carbons (Fsp3) is 0.385. The van der Waals surface area contributed by atoms with Crippen molar-refractivity contribution in [1.29, 1.82) is 0 Å². The molecule has 0 unspecified atom stereocenters. The summed E-state index contributed by atoms with van der Waals surface area (Å²) >= 11 is 0. The number of nitrogens with two attached hydrogens (primary N) is 1. The Bertz CT molecular complexity index is 460. The van der Waals surface area contributed by atoms with Crippen molar-refractivity contribution in [2.24, 2.45) is 10.9 Å². The first-order valence-corrected chi connectivity index (χ1v) is 5.97. The molecule has 6 nitrogen and oxygen atoms in total. The molecule has 0 aromatic heterocycles. The van der Waals surface area contributed by atoms with Crippen LogP contribution in [0.4, 0.5) is 0 Å². The van der Waals surface area contributed by atoms with Crippen LogP contribution >= 0.6 is 0 Å². The number of ether oxygens (including phenoxy) is 1. The standard InChI is InChI=1S/C13H19N3O3/c1-3-19-9-12(17)16(2)8-10-5-4-6-11(7-10)13(14)15-18/h4-7,18H,3,8-9H2,1-2H3,(H2,14,15). The van der Waals surface area contributed by atoms with Crippen molar-refractivity contribution in [3.05, 3.63) is 35.4 Å². The summed E-state index contributed by atoms with van der Waals surface area (Å²) in [5, 5.41) is 11.6. The number of benzene rings is 1. The molecule has 0 radical (unpaired) electrons. The highest BCUT2D eigenvalue weighted by Gasteiger charge is 2.09. The molecular formula is C13H19N3O3. The third-order valence-electron chi connectivity index (χ3n) is 2.61. The Morgan fingerprint density at radius 2 is 2.26 bits per heavy atom. The van der Waals surface area contributed by atoms with Crippen molar-refractivity contribution in [2.45, 2.75) is 13.5 Å². The number of hydrogen-bond acceptors (Lipinski definition) is 4. The van der Waals surface area contributed by atoms with E-state index in [9.17, 15) is 4.79 Å². The Morgan fingerprint density at radius 3 is 2.89 bits per heavy atom. The van der Waals surface area contributed by atoms with Crippen LogP contribution in [0.3, 0.4) is 0 Å². The molecule has 104 valence electrons. The number of carbonyl (C=O) groups is 1. The minimum atomic E-state index is -0.0870. The van der Waals surface area contributed by atoms with Gasteiger partial charge in [-0.1, -0.05) is 23.4 Å². The average molecular weight is 265 g/mol. The van der Waals surface area contributed by atoms with E-state index >= 15 is 0 Å². The minimum Gasteiger partial charge on any atom is -0.409 e. The van der Waals surface area contributed by atoms with Crippen LogP contribution in [-0.4, -0.2) is 42.1 Å². The first-order valence-electron chi connectivity index (χ1n) is 5.97. The van der Waals surface area contributed by atoms with Gasteiger partial charge in [-0.2, -0.15) is 0 Å². The van der Waals surface area contributed by atoms with E-state index in [0.717, 1.165) is 5.56 Å². The molecule has 0 aliphatic carbocycles. The van der Waals surface area contributed by atoms with Gasteiger partial charge in [0.1, 0.15) is 6.61 Å². The lowest BCUT2D eigenvalue weighted by Crippen LogP contribution is -2.30. The Hall–Kier alpha value is -2.08. The van der Waals surface area contributed by atoms with Crippen molar-refractivity contribution >= 4 is 11.7 Å². The average Bonchev–Trinajstić information content (AvgIpc) is 2.44. The fourth-order valence-corrected chi connectivity index (χ4v) is 1.55. The normalized spacial score (nSPS) is 11.4. The van der Waals surface area contributed by atoms with E-state index in [4.69, 9.17) is 15.7 Å². The van der Waals surface area contributed by atoms with Gasteiger partial charge in [0.15, 0.2) is 5.84 Å². The Morgan fingerprint density at radius 1 is 1.53 bits per heavy atom. The summed E-state index contributed by atoms with van der Waals surface area (Å²) in [7, 11) is 1.71. The van der Waals surface area contributed by atoms with E-state index in [-0.39, 0.29) is 18.3 Å². The summed E-state index contributed by atoms with van der Waals surface area (Å²) in [6.07, 6.45) is 0. The quantitative estimate of drug-likeness (QED) is 0.344. The van der Waals surface area contributed by atoms with Gasteiger partial charge in [-0.05, 0) is 18.6 Å². The molecule has 19 heavy (non-hydrogen) atoms. The highest BCUT2D eigenvalue weighted by molar-refractivity contribution is 5.97. The molecule has 1 rings (SSSR count). The van der Waals surface area contributed by atoms with Crippen LogP contribution in [-0.2, 0) is 16.1 Å². The highest BCUT2D eigenvalue weighted by atomic mass is 16.5. The number of oxime groups is 1. The molecule has 0 aliphatic heterocycles. The SMILES string of the molecule is CCOCC(=O)N(C)Cc1cccc(C(N)=NO)c1. The van der Waals surface area contributed by atoms with Crippen LogP contribution < -0.4 is 5.73 Å². The Balaban J connectivity index is 2.69. The lowest BCUT2D eigenvalue weighted by atomic mass is 10.1. The Labute approximate surface area is 112 Å². The summed E-state index contributed by atoms with van der Waals surface area (Å²) in [4.78, 5) is 13.3. The van der Waals surface area contributed by atoms with Gasteiger partial charge in [0.25, 0.3) is 0 Å². The number of hydrogen-bond donors (Lipinski definition) is 2. The molecule has 6 heteroatoms. The number of amidine groups is 1. The molecule has 0 bridgehead atoms. The van der Waals surface area contributed by atoms with Crippen molar-refractivity contribution < 1.29 is 14.7 Å². The van der Waals surface area contributed by atoms with Crippen LogP contribution in [0, 0.1) is 0 Å². The predicted molar refractivity (Wildman–Crippen MR) is 71.9 cm³/mol. The molecule has 0 heterocycles. The van der Waals surface area contributed by atoms with Gasteiger partial charge >= 0.3 is 0 Å². The molecule has 0 spiro atoms. The van der Waals surface area contributed by atoms with E-state index in [0.29, 0.717) is 18.7 Å². The molecule has 3 N–H and O–H groups in total. The molecule has 1 aromatic carbocycles. The maximum absolute atomic E-state index is 11.7. The topological polar surface area (TPSA) is 88.2 Å². The summed E-state index contributed by atoms with van der Waals surface area (Å²) < 4.78 is 5.07. The van der Waals surface area contributed by atoms with Crippen LogP contribution in [0.1, 0.15) is 18.1 Å². The van der Waals surface area contributed by atoms with Gasteiger partial charge in [-0.15, -0.1) is 0 Å². The van der Waals surface area contributed by atoms with Gasteiger partial charge in [-0.3, -0.25) is 4.79 Å². The number of amides is 1. The first-order chi connectivity index (χ1) is 9.08. The maximum Gasteiger partial charge on any atom is 0.248 e. The minimum absolute atomic E-state index is 0.0464. The van der Waals surface area contributed by atoms with Crippen LogP contribution in [0.2, 0.25) is 0 Å². The predicted octanol–water partition coefficient (Wildman–Crippen LogP) is 0.776. The van der Waals surface area contributed by atoms with Gasteiger partial charge in [0.05, 0.1) is 0 Å². The second kappa shape index (κ2) is 7.38. The smallest absolute Gasteiger partial charge is 0.248 e. The number of rotatable bonds is 6. The van der Waals surface area contributed by atoms with E-state index in [1.54, 1.807) is 30.1 Å². The second-order valence-electron chi connectivity index (χ2n) is 4.07. The van der Waals surface area contributed by atoms with Crippen LogP contribution in [0.15, 0.2) is 29.4 Å². The Kier molecular flexibility index (Phi) is 5.81. The third-order valence-corrected chi connectivity index (χ3v) is 2.61. The largest absolute Gasteiger partial charge is 0.409 e. The zero-order chi connectivity index (χ0) is 14.3. The van der Waals surface area contributed by atoms with Crippen molar-refractivity contribution in [3.63, 3.8) is 0 Å². The molecule has 0 fully saturated rings. The van der Waals surface area contributed by atoms with E-state index in [1.165, 1.54) is 0 Å². The molecule has 1 aromatic rings. The molecule has 0 atom stereocenters. The number of likely N-dealkylation sites (N-methyl/N-ethyl adjacent to an activating group) is 1. The van der Waals surface area contributed by atoms with E-state index in [1.807, 2.05) is 13.0 Å². The van der Waals surface area contributed by atoms with E-state index < -0.39 is 0 Å². The van der Waals surface area contributed by atoms with Gasteiger partial charge in [-0.25, -0.2) is 0 Å². The highest BCUT2D eigenvalue weighted by Crippen LogP contribution is 2.08. The monoisotopic (exact) mass is 265 g/mol. The van der Waals surface area contributed by atoms with Crippen molar-refractivity contribution in [3.8, 4) is 0 Å². The van der Waals surface area contributed by atoms with Gasteiger partial charge in [0, 0.05) is 25.8 Å². The van der Waals surface area contributed by atoms with Crippen LogP contribution in [0.25, 0.3) is 0 Å². The fourth-order valence-electron chi connectivity index (χ4n) is 1.55. The molecule has 0 saturated carbocycles. The summed E-state index contributed by atoms with van der Waals surface area (Å²) in [5.41, 5.74) is 7.03. The molecule has 0 aliphatic rings. The molecule has 1 amide bonds. The summed E-state index contributed by atoms with van der Waals surface area (Å²) in [6, 6.07) is 7.18. The molecular weight excluding hydrogens is 246 g/mol. The number of nitrogens with zero attached hydrogens (tertiary/aromatic N) is 2. The zero-order valence-corrected chi connectivity index (χ0v) is 11.2. The lowest BCUT2D eigenvalue weighted by Gasteiger charge is -2.17. The lowest BCUT2D eigenvalue weighted by molar-refractivity contribution is -0.135. The van der Waals surface area contributed by atoms with Crippen molar-refractivity contribution in [2.75, 3.05) is 20.3 Å². The van der Waals surface area contributed by atoms with Gasteiger partial charge in [0.2, 0.25) is 5.91 Å². The third kappa shape index (κ3) is 4.59. The van der Waals surface area contributed by atoms with Crippen LogP contribution in [0.5, 0.6) is 0 Å². The summed E-state index contributed by atoms with van der Waals surface area (Å²) in [6.45, 7) is 2.87.